The smallest absolute Gasteiger partial charge is 0.339 e. The number of aliphatic carboxylic acids is 1. The monoisotopic (exact) mass is 422 g/mol. The summed E-state index contributed by atoms with van der Waals surface area (Å²) in [5.74, 6) is -34.1. The van der Waals surface area contributed by atoms with E-state index in [-0.39, 0.29) is 0 Å². The van der Waals surface area contributed by atoms with E-state index in [9.17, 15) is 53.1 Å². The summed E-state index contributed by atoms with van der Waals surface area (Å²) in [5, 5.41) is 8.86. The molecule has 2 aromatic rings. The summed E-state index contributed by atoms with van der Waals surface area (Å²) in [7, 11) is 0. The average molecular weight is 422 g/mol. The Kier molecular flexibility index (Phi) is 5.39. The van der Waals surface area contributed by atoms with Crippen LogP contribution in [-0.4, -0.2) is 11.1 Å². The first-order chi connectivity index (χ1) is 12.8. The molecule has 0 bridgehead atoms. The molecule has 1 N–H and O–H groups in total. The van der Waals surface area contributed by atoms with Crippen LogP contribution in [-0.2, 0) is 4.79 Å². The third-order valence-corrected chi connectivity index (χ3v) is 3.32. The summed E-state index contributed by atoms with van der Waals surface area (Å²) in [6.45, 7) is 0. The second-order valence-corrected chi connectivity index (χ2v) is 4.88. The van der Waals surface area contributed by atoms with Crippen molar-refractivity contribution in [3.63, 3.8) is 0 Å². The highest BCUT2D eigenvalue weighted by atomic mass is 19.2. The third-order valence-electron chi connectivity index (χ3n) is 3.32. The Hall–Kier alpha value is -3.12. The SMILES string of the molecule is O=C(O)C(=C(F)c1c(F)c(F)c(F)c(F)c1F)c1c(F)c(F)c(F)c(F)c1F. The number of hydrogen-bond donors (Lipinski definition) is 1. The van der Waals surface area contributed by atoms with Gasteiger partial charge in [-0.3, -0.25) is 0 Å². The number of carbonyl (C=O) groups is 1. The van der Waals surface area contributed by atoms with Crippen LogP contribution in [0.4, 0.5) is 48.3 Å². The maximum Gasteiger partial charge on any atom is 0.339 e. The van der Waals surface area contributed by atoms with E-state index in [1.54, 1.807) is 0 Å². The molecule has 2 aromatic carbocycles. The van der Waals surface area contributed by atoms with Gasteiger partial charge < -0.3 is 5.11 Å². The molecule has 0 saturated heterocycles. The topological polar surface area (TPSA) is 37.3 Å². The van der Waals surface area contributed by atoms with Gasteiger partial charge >= 0.3 is 5.97 Å². The predicted molar refractivity (Wildman–Crippen MR) is 68.0 cm³/mol. The Bertz CT molecular complexity index is 1000. The van der Waals surface area contributed by atoms with Crippen molar-refractivity contribution in [2.45, 2.75) is 0 Å². The zero-order chi connectivity index (χ0) is 21.7. The molecule has 0 amide bonds. The highest BCUT2D eigenvalue weighted by molar-refractivity contribution is 6.22. The number of rotatable bonds is 3. The Balaban J connectivity index is 3.06. The minimum absolute atomic E-state index is 2.50. The molecule has 0 saturated carbocycles. The third kappa shape index (κ3) is 2.96. The largest absolute Gasteiger partial charge is 0.478 e. The Morgan fingerprint density at radius 1 is 0.500 bits per heavy atom. The van der Waals surface area contributed by atoms with E-state index in [2.05, 4.69) is 0 Å². The number of benzene rings is 2. The van der Waals surface area contributed by atoms with Crippen LogP contribution in [0.1, 0.15) is 11.1 Å². The normalized spacial score (nSPS) is 12.2. The fourth-order valence-corrected chi connectivity index (χ4v) is 2.06. The fraction of sp³-hybridized carbons (Fsp3) is 0. The summed E-state index contributed by atoms with van der Waals surface area (Å²) in [6.07, 6.45) is 0. The van der Waals surface area contributed by atoms with Crippen molar-refractivity contribution in [2.24, 2.45) is 0 Å². The predicted octanol–water partition coefficient (Wildman–Crippen LogP) is 5.00. The molecule has 2 rings (SSSR count). The van der Waals surface area contributed by atoms with Crippen LogP contribution in [0.25, 0.3) is 11.4 Å². The molecule has 0 spiro atoms. The second kappa shape index (κ2) is 7.13. The highest BCUT2D eigenvalue weighted by Gasteiger charge is 2.36. The first kappa shape index (κ1) is 21.2. The van der Waals surface area contributed by atoms with E-state index >= 15 is 0 Å². The lowest BCUT2D eigenvalue weighted by atomic mass is 9.98. The van der Waals surface area contributed by atoms with Crippen molar-refractivity contribution in [3.05, 3.63) is 69.3 Å². The van der Waals surface area contributed by atoms with Gasteiger partial charge in [0.25, 0.3) is 0 Å². The van der Waals surface area contributed by atoms with E-state index in [0.29, 0.717) is 0 Å². The lowest BCUT2D eigenvalue weighted by molar-refractivity contribution is -0.130. The van der Waals surface area contributed by atoms with Crippen LogP contribution < -0.4 is 0 Å². The van der Waals surface area contributed by atoms with Gasteiger partial charge in [-0.15, -0.1) is 0 Å². The standard InChI is InChI=1S/C15HF11O2/c16-4(3-7(19)11(23)14(26)12(24)8(3)20)2(15(27)28)1-5(17)9(21)13(25)10(22)6(1)18/h(H,27,28). The molecule has 150 valence electrons. The van der Waals surface area contributed by atoms with E-state index < -0.39 is 86.7 Å². The van der Waals surface area contributed by atoms with Crippen molar-refractivity contribution >= 4 is 17.4 Å². The van der Waals surface area contributed by atoms with Crippen LogP contribution in [0, 0.1) is 58.2 Å². The van der Waals surface area contributed by atoms with E-state index in [0.717, 1.165) is 0 Å². The summed E-state index contributed by atoms with van der Waals surface area (Å²) in [6, 6.07) is 0. The number of carboxylic acids is 1. The van der Waals surface area contributed by atoms with Gasteiger partial charge in [-0.25, -0.2) is 53.1 Å². The van der Waals surface area contributed by atoms with E-state index in [1.807, 2.05) is 0 Å². The van der Waals surface area contributed by atoms with Gasteiger partial charge in [0.15, 0.2) is 52.4 Å². The summed E-state index contributed by atoms with van der Waals surface area (Å²) < 4.78 is 148. The number of carboxylic acid groups (broad SMARTS) is 1. The number of hydrogen-bond acceptors (Lipinski definition) is 1. The van der Waals surface area contributed by atoms with Crippen LogP contribution in [0.2, 0.25) is 0 Å². The molecular weight excluding hydrogens is 421 g/mol. The zero-order valence-electron chi connectivity index (χ0n) is 12.5. The molecule has 0 heterocycles. The van der Waals surface area contributed by atoms with Crippen LogP contribution in [0.5, 0.6) is 0 Å². The Morgan fingerprint density at radius 2 is 0.750 bits per heavy atom. The summed E-state index contributed by atoms with van der Waals surface area (Å²) in [4.78, 5) is 11.1. The maximum absolute atomic E-state index is 14.4. The van der Waals surface area contributed by atoms with Crippen molar-refractivity contribution in [3.8, 4) is 0 Å². The van der Waals surface area contributed by atoms with Gasteiger partial charge in [0.1, 0.15) is 5.57 Å². The van der Waals surface area contributed by atoms with E-state index in [1.165, 1.54) is 0 Å². The zero-order valence-corrected chi connectivity index (χ0v) is 12.5. The van der Waals surface area contributed by atoms with Crippen LogP contribution >= 0.6 is 0 Å². The van der Waals surface area contributed by atoms with Crippen molar-refractivity contribution in [2.75, 3.05) is 0 Å². The molecule has 0 unspecified atom stereocenters. The van der Waals surface area contributed by atoms with Gasteiger partial charge in [-0.1, -0.05) is 0 Å². The molecule has 0 aromatic heterocycles. The molecular formula is C15HF11O2. The van der Waals surface area contributed by atoms with Gasteiger partial charge in [0.2, 0.25) is 11.6 Å². The first-order valence-corrected chi connectivity index (χ1v) is 6.51. The fourth-order valence-electron chi connectivity index (χ4n) is 2.06. The molecule has 0 radical (unpaired) electrons. The molecule has 0 aliphatic rings. The Morgan fingerprint density at radius 3 is 1.04 bits per heavy atom. The minimum atomic E-state index is -2.98. The van der Waals surface area contributed by atoms with Crippen molar-refractivity contribution in [1.82, 2.24) is 0 Å². The molecule has 0 atom stereocenters. The van der Waals surface area contributed by atoms with Gasteiger partial charge in [-0.05, 0) is 0 Å². The van der Waals surface area contributed by atoms with Gasteiger partial charge in [0.05, 0.1) is 11.1 Å². The minimum Gasteiger partial charge on any atom is -0.478 e. The highest BCUT2D eigenvalue weighted by Crippen LogP contribution is 2.37. The van der Waals surface area contributed by atoms with Crippen LogP contribution in [0.3, 0.4) is 0 Å². The maximum atomic E-state index is 14.4. The van der Waals surface area contributed by atoms with E-state index in [4.69, 9.17) is 5.11 Å². The lowest BCUT2D eigenvalue weighted by Crippen LogP contribution is -2.14. The quantitative estimate of drug-likeness (QED) is 0.249. The molecule has 28 heavy (non-hydrogen) atoms. The number of halogens is 11. The van der Waals surface area contributed by atoms with Crippen LogP contribution in [0.15, 0.2) is 0 Å². The molecule has 13 heteroatoms. The summed E-state index contributed by atoms with van der Waals surface area (Å²) in [5.41, 5.74) is -7.65. The lowest BCUT2D eigenvalue weighted by Gasteiger charge is -2.12. The first-order valence-electron chi connectivity index (χ1n) is 6.51. The second-order valence-electron chi connectivity index (χ2n) is 4.88. The molecule has 0 aliphatic carbocycles. The Labute approximate surface area is 146 Å². The van der Waals surface area contributed by atoms with Crippen molar-refractivity contribution < 1.29 is 58.2 Å². The van der Waals surface area contributed by atoms with Crippen molar-refractivity contribution in [1.29, 1.82) is 0 Å². The molecule has 0 fully saturated rings. The van der Waals surface area contributed by atoms with Gasteiger partial charge in [-0.2, -0.15) is 0 Å². The average Bonchev–Trinajstić information content (AvgIpc) is 2.64. The molecule has 2 nitrogen and oxygen atoms in total. The van der Waals surface area contributed by atoms with Gasteiger partial charge in [0, 0.05) is 0 Å². The molecule has 0 aliphatic heterocycles. The summed E-state index contributed by atoms with van der Waals surface area (Å²) >= 11 is 0.